The topological polar surface area (TPSA) is 59.2 Å². The van der Waals surface area contributed by atoms with Gasteiger partial charge in [-0.2, -0.15) is 4.98 Å². The Morgan fingerprint density at radius 2 is 2.21 bits per heavy atom. The van der Waals surface area contributed by atoms with Gasteiger partial charge in [-0.15, -0.1) is 0 Å². The van der Waals surface area contributed by atoms with E-state index in [1.807, 2.05) is 4.90 Å². The number of aromatic nitrogens is 2. The maximum absolute atomic E-state index is 13.2. The van der Waals surface area contributed by atoms with Crippen LogP contribution in [-0.4, -0.2) is 34.0 Å². The third kappa shape index (κ3) is 3.47. The smallest absolute Gasteiger partial charge is 0.229 e. The Labute approximate surface area is 139 Å². The standard InChI is InChI=1S/C18H20FN3O2/c19-15-3-1-2-12(8-15)10-17(23)22-7-6-13(11-22)9-16-20-18(24-21-16)14-4-5-14/h1-3,8,13-14H,4-7,9-11H2. The summed E-state index contributed by atoms with van der Waals surface area (Å²) in [6.45, 7) is 1.45. The molecule has 1 atom stereocenters. The molecular formula is C18H20FN3O2. The van der Waals surface area contributed by atoms with Crippen LogP contribution in [0.2, 0.25) is 0 Å². The summed E-state index contributed by atoms with van der Waals surface area (Å²) in [7, 11) is 0. The van der Waals surface area contributed by atoms with Crippen LogP contribution in [0.3, 0.4) is 0 Å². The average molecular weight is 329 g/mol. The van der Waals surface area contributed by atoms with Crippen LogP contribution in [-0.2, 0) is 17.6 Å². The van der Waals surface area contributed by atoms with Crippen LogP contribution < -0.4 is 0 Å². The van der Waals surface area contributed by atoms with Crippen LogP contribution in [0.4, 0.5) is 4.39 Å². The molecule has 1 saturated heterocycles. The van der Waals surface area contributed by atoms with Crippen molar-refractivity contribution in [3.8, 4) is 0 Å². The monoisotopic (exact) mass is 329 g/mol. The van der Waals surface area contributed by atoms with Gasteiger partial charge in [0, 0.05) is 25.4 Å². The summed E-state index contributed by atoms with van der Waals surface area (Å²) in [5.41, 5.74) is 0.718. The number of amides is 1. The normalized spacial score (nSPS) is 20.5. The molecule has 6 heteroatoms. The Morgan fingerprint density at radius 1 is 1.33 bits per heavy atom. The van der Waals surface area contributed by atoms with E-state index in [1.54, 1.807) is 12.1 Å². The van der Waals surface area contributed by atoms with Crippen molar-refractivity contribution in [3.05, 3.63) is 47.4 Å². The highest BCUT2D eigenvalue weighted by Gasteiger charge is 2.31. The summed E-state index contributed by atoms with van der Waals surface area (Å²) in [6, 6.07) is 6.23. The summed E-state index contributed by atoms with van der Waals surface area (Å²) >= 11 is 0. The molecule has 126 valence electrons. The second-order valence-corrected chi connectivity index (χ2v) is 6.83. The fourth-order valence-electron chi connectivity index (χ4n) is 3.26. The van der Waals surface area contributed by atoms with Gasteiger partial charge < -0.3 is 9.42 Å². The molecule has 1 aliphatic heterocycles. The Morgan fingerprint density at radius 3 is 3.00 bits per heavy atom. The van der Waals surface area contributed by atoms with Crippen molar-refractivity contribution in [2.45, 2.75) is 38.0 Å². The van der Waals surface area contributed by atoms with Crippen LogP contribution >= 0.6 is 0 Å². The Bertz CT molecular complexity index is 741. The minimum atomic E-state index is -0.303. The molecule has 1 aromatic heterocycles. The van der Waals surface area contributed by atoms with Gasteiger partial charge in [-0.25, -0.2) is 4.39 Å². The minimum absolute atomic E-state index is 0.0508. The number of hydrogen-bond acceptors (Lipinski definition) is 4. The molecule has 4 rings (SSSR count). The first-order chi connectivity index (χ1) is 11.7. The van der Waals surface area contributed by atoms with E-state index >= 15 is 0 Å². The molecule has 2 aromatic rings. The lowest BCUT2D eigenvalue weighted by Crippen LogP contribution is -2.30. The van der Waals surface area contributed by atoms with E-state index < -0.39 is 0 Å². The highest BCUT2D eigenvalue weighted by atomic mass is 19.1. The molecule has 2 fully saturated rings. The zero-order valence-corrected chi connectivity index (χ0v) is 13.4. The van der Waals surface area contributed by atoms with Crippen LogP contribution in [0.25, 0.3) is 0 Å². The van der Waals surface area contributed by atoms with Crippen molar-refractivity contribution < 1.29 is 13.7 Å². The summed E-state index contributed by atoms with van der Waals surface area (Å²) in [5.74, 6) is 2.10. The highest BCUT2D eigenvalue weighted by Crippen LogP contribution is 2.39. The average Bonchev–Trinajstić information content (AvgIpc) is 3.12. The molecule has 0 bridgehead atoms. The van der Waals surface area contributed by atoms with Crippen molar-refractivity contribution in [2.24, 2.45) is 5.92 Å². The number of halogens is 1. The second-order valence-electron chi connectivity index (χ2n) is 6.83. The molecule has 24 heavy (non-hydrogen) atoms. The number of hydrogen-bond donors (Lipinski definition) is 0. The molecule has 1 unspecified atom stereocenters. The lowest BCUT2D eigenvalue weighted by molar-refractivity contribution is -0.129. The fraction of sp³-hybridized carbons (Fsp3) is 0.500. The van der Waals surface area contributed by atoms with E-state index in [0.717, 1.165) is 49.5 Å². The molecular weight excluding hydrogens is 309 g/mol. The van der Waals surface area contributed by atoms with Gasteiger partial charge >= 0.3 is 0 Å². The molecule has 0 spiro atoms. The van der Waals surface area contributed by atoms with E-state index in [2.05, 4.69) is 10.1 Å². The predicted octanol–water partition coefficient (Wildman–Crippen LogP) is 2.72. The Kier molecular flexibility index (Phi) is 4.04. The van der Waals surface area contributed by atoms with Crippen molar-refractivity contribution in [1.29, 1.82) is 0 Å². The zero-order valence-electron chi connectivity index (χ0n) is 13.4. The van der Waals surface area contributed by atoms with Crippen molar-refractivity contribution >= 4 is 5.91 Å². The van der Waals surface area contributed by atoms with Crippen LogP contribution in [0.5, 0.6) is 0 Å². The number of carbonyl (C=O) groups excluding carboxylic acids is 1. The third-order valence-corrected chi connectivity index (χ3v) is 4.76. The van der Waals surface area contributed by atoms with Crippen LogP contribution in [0.1, 0.15) is 42.5 Å². The van der Waals surface area contributed by atoms with E-state index in [1.165, 1.54) is 12.1 Å². The Hall–Kier alpha value is -2.24. The van der Waals surface area contributed by atoms with Gasteiger partial charge in [0.05, 0.1) is 6.42 Å². The van der Waals surface area contributed by atoms with Gasteiger partial charge in [-0.05, 0) is 42.9 Å². The van der Waals surface area contributed by atoms with Crippen molar-refractivity contribution in [3.63, 3.8) is 0 Å². The summed E-state index contributed by atoms with van der Waals surface area (Å²) in [5, 5.41) is 4.06. The van der Waals surface area contributed by atoms with E-state index in [0.29, 0.717) is 18.4 Å². The first-order valence-electron chi connectivity index (χ1n) is 8.52. The molecule has 5 nitrogen and oxygen atoms in total. The number of carbonyl (C=O) groups is 1. The van der Waals surface area contributed by atoms with E-state index in [4.69, 9.17) is 4.52 Å². The molecule has 1 aliphatic carbocycles. The van der Waals surface area contributed by atoms with Gasteiger partial charge in [-0.3, -0.25) is 4.79 Å². The van der Waals surface area contributed by atoms with Crippen LogP contribution in [0, 0.1) is 11.7 Å². The van der Waals surface area contributed by atoms with Gasteiger partial charge in [0.25, 0.3) is 0 Å². The Balaban J connectivity index is 1.31. The lowest BCUT2D eigenvalue weighted by atomic mass is 10.0. The minimum Gasteiger partial charge on any atom is -0.342 e. The molecule has 2 aliphatic rings. The maximum Gasteiger partial charge on any atom is 0.229 e. The zero-order chi connectivity index (χ0) is 16.5. The molecule has 1 saturated carbocycles. The van der Waals surface area contributed by atoms with Crippen molar-refractivity contribution in [1.82, 2.24) is 15.0 Å². The quantitative estimate of drug-likeness (QED) is 0.846. The molecule has 0 N–H and O–H groups in total. The van der Waals surface area contributed by atoms with Gasteiger partial charge in [0.15, 0.2) is 5.82 Å². The highest BCUT2D eigenvalue weighted by molar-refractivity contribution is 5.79. The number of benzene rings is 1. The second kappa shape index (κ2) is 6.34. The predicted molar refractivity (Wildman–Crippen MR) is 84.8 cm³/mol. The summed E-state index contributed by atoms with van der Waals surface area (Å²) in [6.07, 6.45) is 4.24. The largest absolute Gasteiger partial charge is 0.342 e. The number of nitrogens with zero attached hydrogens (tertiary/aromatic N) is 3. The number of rotatable bonds is 5. The molecule has 2 heterocycles. The molecule has 0 radical (unpaired) electrons. The summed E-state index contributed by atoms with van der Waals surface area (Å²) < 4.78 is 18.5. The van der Waals surface area contributed by atoms with Crippen molar-refractivity contribution in [2.75, 3.05) is 13.1 Å². The molecule has 1 aromatic carbocycles. The van der Waals surface area contributed by atoms with Gasteiger partial charge in [0.1, 0.15) is 5.82 Å². The maximum atomic E-state index is 13.2. The number of likely N-dealkylation sites (tertiary alicyclic amines) is 1. The third-order valence-electron chi connectivity index (χ3n) is 4.76. The van der Waals surface area contributed by atoms with E-state index in [-0.39, 0.29) is 18.1 Å². The first-order valence-corrected chi connectivity index (χ1v) is 8.52. The first kappa shape index (κ1) is 15.3. The molecule has 1 amide bonds. The lowest BCUT2D eigenvalue weighted by Gasteiger charge is -2.16. The van der Waals surface area contributed by atoms with Gasteiger partial charge in [0.2, 0.25) is 11.8 Å². The van der Waals surface area contributed by atoms with Crippen LogP contribution in [0.15, 0.2) is 28.8 Å². The van der Waals surface area contributed by atoms with Gasteiger partial charge in [-0.1, -0.05) is 17.3 Å². The fourth-order valence-corrected chi connectivity index (χ4v) is 3.26. The van der Waals surface area contributed by atoms with E-state index in [9.17, 15) is 9.18 Å². The SMILES string of the molecule is O=C(Cc1cccc(F)c1)N1CCC(Cc2noc(C3CC3)n2)C1. The summed E-state index contributed by atoms with van der Waals surface area (Å²) in [4.78, 5) is 18.7.